The molecule has 4 N–H and O–H groups in total. The molecule has 0 fully saturated rings. The van der Waals surface area contributed by atoms with Crippen molar-refractivity contribution in [2.24, 2.45) is 5.84 Å². The Bertz CT molecular complexity index is 379. The summed E-state index contributed by atoms with van der Waals surface area (Å²) in [6, 6.07) is 3.39. The highest BCUT2D eigenvalue weighted by Crippen LogP contribution is 2.09. The van der Waals surface area contributed by atoms with Crippen molar-refractivity contribution in [3.63, 3.8) is 0 Å². The van der Waals surface area contributed by atoms with Crippen molar-refractivity contribution in [1.82, 2.24) is 10.3 Å². The lowest BCUT2D eigenvalue weighted by Gasteiger charge is -2.07. The van der Waals surface area contributed by atoms with E-state index in [1.165, 1.54) is 0 Å². The molecular formula is C12H20N4O. The van der Waals surface area contributed by atoms with Crippen molar-refractivity contribution >= 4 is 11.7 Å². The number of nitrogens with zero attached hydrogens (tertiary/aromatic N) is 1. The Hall–Kier alpha value is -1.62. The third-order valence-corrected chi connectivity index (χ3v) is 2.43. The maximum Gasteiger partial charge on any atom is 0.251 e. The van der Waals surface area contributed by atoms with E-state index in [-0.39, 0.29) is 5.91 Å². The molecule has 0 aliphatic rings. The molecule has 0 unspecified atom stereocenters. The zero-order valence-electron chi connectivity index (χ0n) is 10.4. The first-order chi connectivity index (χ1) is 8.17. The second kappa shape index (κ2) is 6.85. The molecule has 0 radical (unpaired) electrons. The molecule has 1 heterocycles. The Morgan fingerprint density at radius 1 is 1.41 bits per heavy atom. The Morgan fingerprint density at radius 3 is 2.82 bits per heavy atom. The van der Waals surface area contributed by atoms with Crippen molar-refractivity contribution in [1.29, 1.82) is 0 Å². The Labute approximate surface area is 102 Å². The van der Waals surface area contributed by atoms with Crippen LogP contribution in [0.3, 0.4) is 0 Å². The predicted octanol–water partition coefficient (Wildman–Crippen LogP) is 1.60. The van der Waals surface area contributed by atoms with Crippen molar-refractivity contribution in [3.8, 4) is 0 Å². The zero-order chi connectivity index (χ0) is 12.7. The van der Waals surface area contributed by atoms with Crippen LogP contribution in [0.25, 0.3) is 0 Å². The van der Waals surface area contributed by atoms with Crippen molar-refractivity contribution in [2.75, 3.05) is 12.0 Å². The van der Waals surface area contributed by atoms with Crippen LogP contribution in [0.4, 0.5) is 5.82 Å². The van der Waals surface area contributed by atoms with E-state index >= 15 is 0 Å². The first kappa shape index (κ1) is 13.4. The molecule has 0 saturated heterocycles. The molecular weight excluding hydrogens is 216 g/mol. The molecule has 0 bridgehead atoms. The summed E-state index contributed by atoms with van der Waals surface area (Å²) in [7, 11) is 0. The van der Waals surface area contributed by atoms with E-state index in [1.807, 2.05) is 6.92 Å². The van der Waals surface area contributed by atoms with Gasteiger partial charge in [-0.3, -0.25) is 4.79 Å². The van der Waals surface area contributed by atoms with Gasteiger partial charge in [-0.05, 0) is 25.5 Å². The molecule has 1 aromatic rings. The Morgan fingerprint density at radius 2 is 2.18 bits per heavy atom. The second-order valence-electron chi connectivity index (χ2n) is 3.99. The highest BCUT2D eigenvalue weighted by Gasteiger charge is 2.07. The number of hydrogen-bond acceptors (Lipinski definition) is 4. The lowest BCUT2D eigenvalue weighted by Crippen LogP contribution is -2.25. The SMILES string of the molecule is CCCCCNC(=O)c1cc(C)nc(NN)c1. The quantitative estimate of drug-likeness (QED) is 0.398. The van der Waals surface area contributed by atoms with Gasteiger partial charge in [-0.1, -0.05) is 19.8 Å². The van der Waals surface area contributed by atoms with E-state index in [2.05, 4.69) is 22.7 Å². The Balaban J connectivity index is 2.59. The average molecular weight is 236 g/mol. The van der Waals surface area contributed by atoms with Gasteiger partial charge in [0.1, 0.15) is 5.82 Å². The normalized spacial score (nSPS) is 10.1. The third kappa shape index (κ3) is 4.40. The Kier molecular flexibility index (Phi) is 5.42. The number of rotatable bonds is 6. The number of hydrogen-bond donors (Lipinski definition) is 3. The molecule has 0 aliphatic carbocycles. The molecule has 94 valence electrons. The molecule has 0 atom stereocenters. The summed E-state index contributed by atoms with van der Waals surface area (Å²) in [4.78, 5) is 15.9. The van der Waals surface area contributed by atoms with Crippen LogP contribution in [-0.2, 0) is 0 Å². The molecule has 1 rings (SSSR count). The van der Waals surface area contributed by atoms with Crippen LogP contribution < -0.4 is 16.6 Å². The maximum atomic E-state index is 11.8. The fraction of sp³-hybridized carbons (Fsp3) is 0.500. The first-order valence-corrected chi connectivity index (χ1v) is 5.91. The number of nitrogens with one attached hydrogen (secondary N) is 2. The molecule has 0 saturated carbocycles. The first-order valence-electron chi connectivity index (χ1n) is 5.91. The highest BCUT2D eigenvalue weighted by atomic mass is 16.1. The lowest BCUT2D eigenvalue weighted by molar-refractivity contribution is 0.0953. The van der Waals surface area contributed by atoms with Crippen LogP contribution >= 0.6 is 0 Å². The maximum absolute atomic E-state index is 11.8. The number of nitrogens with two attached hydrogens (primary N) is 1. The van der Waals surface area contributed by atoms with Gasteiger partial charge in [0.15, 0.2) is 0 Å². The number of aryl methyl sites for hydroxylation is 1. The van der Waals surface area contributed by atoms with Gasteiger partial charge in [0.2, 0.25) is 0 Å². The predicted molar refractivity (Wildman–Crippen MR) is 68.6 cm³/mol. The summed E-state index contributed by atoms with van der Waals surface area (Å²) in [5.41, 5.74) is 3.80. The monoisotopic (exact) mass is 236 g/mol. The largest absolute Gasteiger partial charge is 0.352 e. The second-order valence-corrected chi connectivity index (χ2v) is 3.99. The summed E-state index contributed by atoms with van der Waals surface area (Å²) < 4.78 is 0. The van der Waals surface area contributed by atoms with E-state index < -0.39 is 0 Å². The summed E-state index contributed by atoms with van der Waals surface area (Å²) in [5.74, 6) is 5.71. The van der Waals surface area contributed by atoms with Crippen molar-refractivity contribution < 1.29 is 4.79 Å². The zero-order valence-corrected chi connectivity index (χ0v) is 10.4. The minimum atomic E-state index is -0.0805. The van der Waals surface area contributed by atoms with Gasteiger partial charge in [0, 0.05) is 17.8 Å². The molecule has 0 aromatic carbocycles. The number of carbonyl (C=O) groups excluding carboxylic acids is 1. The highest BCUT2D eigenvalue weighted by molar-refractivity contribution is 5.94. The lowest BCUT2D eigenvalue weighted by atomic mass is 10.2. The van der Waals surface area contributed by atoms with E-state index in [0.29, 0.717) is 17.9 Å². The number of unbranched alkanes of at least 4 members (excludes halogenated alkanes) is 2. The summed E-state index contributed by atoms with van der Waals surface area (Å²) in [5, 5.41) is 2.88. The van der Waals surface area contributed by atoms with Crippen molar-refractivity contribution in [2.45, 2.75) is 33.1 Å². The fourth-order valence-electron chi connectivity index (χ4n) is 1.55. The minimum Gasteiger partial charge on any atom is -0.352 e. The number of pyridine rings is 1. The number of aromatic nitrogens is 1. The van der Waals surface area contributed by atoms with E-state index in [0.717, 1.165) is 25.0 Å². The number of nitrogen functional groups attached to an aromatic ring is 1. The van der Waals surface area contributed by atoms with Crippen LogP contribution in [0.2, 0.25) is 0 Å². The molecule has 1 aromatic heterocycles. The van der Waals surface area contributed by atoms with Crippen LogP contribution in [-0.4, -0.2) is 17.4 Å². The smallest absolute Gasteiger partial charge is 0.251 e. The molecule has 0 spiro atoms. The van der Waals surface area contributed by atoms with Crippen LogP contribution in [0.5, 0.6) is 0 Å². The molecule has 0 aliphatic heterocycles. The number of carbonyl (C=O) groups is 1. The van der Waals surface area contributed by atoms with Crippen LogP contribution in [0, 0.1) is 6.92 Å². The van der Waals surface area contributed by atoms with E-state index in [9.17, 15) is 4.79 Å². The summed E-state index contributed by atoms with van der Waals surface area (Å²) in [6.45, 7) is 4.67. The number of amides is 1. The van der Waals surface area contributed by atoms with Gasteiger partial charge in [-0.25, -0.2) is 10.8 Å². The van der Waals surface area contributed by atoms with E-state index in [1.54, 1.807) is 12.1 Å². The van der Waals surface area contributed by atoms with Gasteiger partial charge in [-0.2, -0.15) is 0 Å². The van der Waals surface area contributed by atoms with Crippen molar-refractivity contribution in [3.05, 3.63) is 23.4 Å². The fourth-order valence-corrected chi connectivity index (χ4v) is 1.55. The van der Waals surface area contributed by atoms with Crippen LogP contribution in [0.1, 0.15) is 42.2 Å². The van der Waals surface area contributed by atoms with Gasteiger partial charge < -0.3 is 10.7 Å². The number of anilines is 1. The van der Waals surface area contributed by atoms with Gasteiger partial charge in [0.25, 0.3) is 5.91 Å². The minimum absolute atomic E-state index is 0.0805. The molecule has 5 nitrogen and oxygen atoms in total. The molecule has 5 heteroatoms. The number of hydrazine groups is 1. The van der Waals surface area contributed by atoms with Crippen LogP contribution in [0.15, 0.2) is 12.1 Å². The van der Waals surface area contributed by atoms with E-state index in [4.69, 9.17) is 5.84 Å². The van der Waals surface area contributed by atoms with Gasteiger partial charge in [-0.15, -0.1) is 0 Å². The third-order valence-electron chi connectivity index (χ3n) is 2.43. The van der Waals surface area contributed by atoms with Gasteiger partial charge in [0.05, 0.1) is 0 Å². The van der Waals surface area contributed by atoms with Gasteiger partial charge >= 0.3 is 0 Å². The molecule has 1 amide bonds. The summed E-state index contributed by atoms with van der Waals surface area (Å²) in [6.07, 6.45) is 3.28. The standard InChI is InChI=1S/C12H20N4O/c1-3-4-5-6-14-12(17)10-7-9(2)15-11(8-10)16-13/h7-8H,3-6,13H2,1-2H3,(H,14,17)(H,15,16). The topological polar surface area (TPSA) is 80.0 Å². The molecule has 17 heavy (non-hydrogen) atoms. The average Bonchev–Trinajstić information content (AvgIpc) is 2.33. The summed E-state index contributed by atoms with van der Waals surface area (Å²) >= 11 is 0.